The molecule has 1 aromatic carbocycles. The molecule has 0 aromatic heterocycles. The first-order valence-corrected chi connectivity index (χ1v) is 10.9. The van der Waals surface area contributed by atoms with Crippen molar-refractivity contribution in [3.63, 3.8) is 0 Å². The Bertz CT molecular complexity index is 606. The number of hydrogen-bond donors (Lipinski definition) is 0. The van der Waals surface area contributed by atoms with Gasteiger partial charge >= 0.3 is 0 Å². The van der Waals surface area contributed by atoms with Gasteiger partial charge in [0.1, 0.15) is 0 Å². The molecule has 3 nitrogen and oxygen atoms in total. The van der Waals surface area contributed by atoms with Gasteiger partial charge in [-0.25, -0.2) is 0 Å². The van der Waals surface area contributed by atoms with Gasteiger partial charge in [0, 0.05) is 6.61 Å². The Hall–Kier alpha value is -1.36. The molecule has 1 heterocycles. The lowest BCUT2D eigenvalue weighted by Crippen LogP contribution is -2.34. The number of hydrogen-bond acceptors (Lipinski definition) is 3. The van der Waals surface area contributed by atoms with Crippen LogP contribution in [-0.4, -0.2) is 26.4 Å². The molecule has 1 saturated heterocycles. The van der Waals surface area contributed by atoms with E-state index in [1.54, 1.807) is 0 Å². The summed E-state index contributed by atoms with van der Waals surface area (Å²) >= 11 is 0. The minimum atomic E-state index is -0.990. The highest BCUT2D eigenvalue weighted by Gasteiger charge is 2.31. The van der Waals surface area contributed by atoms with Crippen LogP contribution < -0.4 is 9.47 Å². The average molecular weight is 397 g/mol. The van der Waals surface area contributed by atoms with Gasteiger partial charge in [-0.05, 0) is 74.8 Å². The lowest BCUT2D eigenvalue weighted by Gasteiger charge is -2.37. The average Bonchev–Trinajstić information content (AvgIpc) is 2.74. The van der Waals surface area contributed by atoms with E-state index in [0.717, 1.165) is 38.2 Å². The molecule has 2 fully saturated rings. The maximum absolute atomic E-state index is 14.0. The largest absolute Gasteiger partial charge is 0.494 e. The van der Waals surface area contributed by atoms with Crippen LogP contribution in [0.25, 0.3) is 0 Å². The molecule has 0 N–H and O–H groups in total. The molecule has 1 saturated carbocycles. The van der Waals surface area contributed by atoms with E-state index in [1.165, 1.54) is 51.3 Å². The first kappa shape index (κ1) is 21.4. The number of benzene rings is 1. The number of halogens is 2. The molecule has 28 heavy (non-hydrogen) atoms. The normalized spacial score (nSPS) is 28.1. The van der Waals surface area contributed by atoms with Crippen LogP contribution in [0.4, 0.5) is 8.78 Å². The fourth-order valence-corrected chi connectivity index (χ4v) is 4.64. The predicted octanol–water partition coefficient (Wildman–Crippen LogP) is 6.14. The van der Waals surface area contributed by atoms with E-state index in [0.29, 0.717) is 24.5 Å². The van der Waals surface area contributed by atoms with Gasteiger partial charge < -0.3 is 14.2 Å². The zero-order chi connectivity index (χ0) is 19.9. The van der Waals surface area contributed by atoms with Crippen molar-refractivity contribution in [2.24, 2.45) is 17.8 Å². The Morgan fingerprint density at radius 1 is 0.964 bits per heavy atom. The summed E-state index contributed by atoms with van der Waals surface area (Å²) in [6.45, 7) is 3.60. The lowest BCUT2D eigenvalue weighted by molar-refractivity contribution is -0.0607. The second-order valence-corrected chi connectivity index (χ2v) is 8.44. The fourth-order valence-electron chi connectivity index (χ4n) is 4.64. The molecule has 1 aromatic rings. The highest BCUT2D eigenvalue weighted by molar-refractivity contribution is 5.34. The van der Waals surface area contributed by atoms with Crippen molar-refractivity contribution in [1.82, 2.24) is 0 Å². The fraction of sp³-hybridized carbons (Fsp3) is 0.739. The Balaban J connectivity index is 1.40. The molecule has 3 rings (SSSR count). The first-order valence-electron chi connectivity index (χ1n) is 10.9. The van der Waals surface area contributed by atoms with Gasteiger partial charge in [0.2, 0.25) is 11.6 Å². The molecule has 1 aliphatic heterocycles. The van der Waals surface area contributed by atoms with E-state index >= 15 is 0 Å². The smallest absolute Gasteiger partial charge is 0.204 e. The van der Waals surface area contributed by atoms with Gasteiger partial charge in [0.25, 0.3) is 0 Å². The second-order valence-electron chi connectivity index (χ2n) is 8.44. The zero-order valence-electron chi connectivity index (χ0n) is 17.2. The standard InChI is InChI=1S/C23H34F2O3/c1-3-4-5-16-8-11-19(27-14-16)18-9-6-17(7-10-18)15-28-21-13-12-20(26-2)22(24)23(21)25/h12-13,16-19H,3-11,14-15H2,1-2H3. The Kier molecular flexibility index (Phi) is 7.95. The summed E-state index contributed by atoms with van der Waals surface area (Å²) in [7, 11) is 1.32. The summed E-state index contributed by atoms with van der Waals surface area (Å²) in [6, 6.07) is 2.84. The summed E-state index contributed by atoms with van der Waals surface area (Å²) in [5.74, 6) is -0.318. The number of rotatable bonds is 8. The van der Waals surface area contributed by atoms with Crippen molar-refractivity contribution in [2.75, 3.05) is 20.3 Å². The Morgan fingerprint density at radius 3 is 2.29 bits per heavy atom. The number of ether oxygens (including phenoxy) is 3. The molecule has 5 heteroatoms. The molecular weight excluding hydrogens is 362 g/mol. The number of unbranched alkanes of at least 4 members (excludes halogenated alkanes) is 1. The van der Waals surface area contributed by atoms with Crippen molar-refractivity contribution in [2.45, 2.75) is 70.8 Å². The quantitative estimate of drug-likeness (QED) is 0.528. The first-order chi connectivity index (χ1) is 13.6. The monoisotopic (exact) mass is 396 g/mol. The van der Waals surface area contributed by atoms with E-state index < -0.39 is 11.6 Å². The topological polar surface area (TPSA) is 27.7 Å². The summed E-state index contributed by atoms with van der Waals surface area (Å²) in [5.41, 5.74) is 0. The molecule has 2 atom stereocenters. The SMILES string of the molecule is CCCCC1CCC(C2CCC(COc3ccc(OC)c(F)c3F)CC2)OC1. The van der Waals surface area contributed by atoms with Crippen LogP contribution in [0.15, 0.2) is 12.1 Å². The summed E-state index contributed by atoms with van der Waals surface area (Å²) < 4.78 is 44.4. The van der Waals surface area contributed by atoms with E-state index in [9.17, 15) is 8.78 Å². The Morgan fingerprint density at radius 2 is 1.64 bits per heavy atom. The van der Waals surface area contributed by atoms with E-state index in [4.69, 9.17) is 14.2 Å². The molecule has 0 amide bonds. The van der Waals surface area contributed by atoms with E-state index in [2.05, 4.69) is 6.92 Å². The summed E-state index contributed by atoms with van der Waals surface area (Å²) in [5, 5.41) is 0. The van der Waals surface area contributed by atoms with Gasteiger partial charge in [-0.15, -0.1) is 0 Å². The van der Waals surface area contributed by atoms with Crippen LogP contribution >= 0.6 is 0 Å². The van der Waals surface area contributed by atoms with Crippen molar-refractivity contribution in [1.29, 1.82) is 0 Å². The minimum absolute atomic E-state index is 0.0332. The zero-order valence-corrected chi connectivity index (χ0v) is 17.2. The van der Waals surface area contributed by atoms with Gasteiger partial charge in [0.15, 0.2) is 11.5 Å². The van der Waals surface area contributed by atoms with Crippen LogP contribution in [-0.2, 0) is 4.74 Å². The molecule has 2 unspecified atom stereocenters. The van der Waals surface area contributed by atoms with Crippen LogP contribution in [0.5, 0.6) is 11.5 Å². The van der Waals surface area contributed by atoms with Gasteiger partial charge in [0.05, 0.1) is 19.8 Å². The maximum atomic E-state index is 14.0. The van der Waals surface area contributed by atoms with Gasteiger partial charge in [-0.2, -0.15) is 8.78 Å². The van der Waals surface area contributed by atoms with Gasteiger partial charge in [-0.3, -0.25) is 0 Å². The lowest BCUT2D eigenvalue weighted by atomic mass is 9.77. The summed E-state index contributed by atoms with van der Waals surface area (Å²) in [6.07, 6.45) is 11.2. The third-order valence-corrected chi connectivity index (χ3v) is 6.49. The van der Waals surface area contributed by atoms with Crippen molar-refractivity contribution >= 4 is 0 Å². The second kappa shape index (κ2) is 10.4. The summed E-state index contributed by atoms with van der Waals surface area (Å²) in [4.78, 5) is 0. The highest BCUT2D eigenvalue weighted by Crippen LogP contribution is 2.37. The van der Waals surface area contributed by atoms with Crippen molar-refractivity contribution in [3.05, 3.63) is 23.8 Å². The molecule has 2 aliphatic rings. The van der Waals surface area contributed by atoms with Crippen molar-refractivity contribution in [3.8, 4) is 11.5 Å². The number of methoxy groups -OCH3 is 1. The maximum Gasteiger partial charge on any atom is 0.204 e. The molecule has 0 radical (unpaired) electrons. The predicted molar refractivity (Wildman–Crippen MR) is 106 cm³/mol. The third kappa shape index (κ3) is 5.37. The Labute approximate surface area is 167 Å². The van der Waals surface area contributed by atoms with Gasteiger partial charge in [-0.1, -0.05) is 19.8 Å². The third-order valence-electron chi connectivity index (χ3n) is 6.49. The molecule has 1 aliphatic carbocycles. The minimum Gasteiger partial charge on any atom is -0.494 e. The van der Waals surface area contributed by atoms with Crippen LogP contribution in [0.1, 0.15) is 64.7 Å². The van der Waals surface area contributed by atoms with Crippen molar-refractivity contribution < 1.29 is 23.0 Å². The van der Waals surface area contributed by atoms with Crippen LogP contribution in [0, 0.1) is 29.4 Å². The molecule has 158 valence electrons. The molecule has 0 spiro atoms. The van der Waals surface area contributed by atoms with Crippen LogP contribution in [0.2, 0.25) is 0 Å². The molecule has 0 bridgehead atoms. The molecular formula is C23H34F2O3. The van der Waals surface area contributed by atoms with E-state index in [1.807, 2.05) is 0 Å². The van der Waals surface area contributed by atoms with Crippen LogP contribution in [0.3, 0.4) is 0 Å². The van der Waals surface area contributed by atoms with E-state index in [-0.39, 0.29) is 11.5 Å². The highest BCUT2D eigenvalue weighted by atomic mass is 19.2.